The van der Waals surface area contributed by atoms with Crippen molar-refractivity contribution < 1.29 is 14.8 Å². The van der Waals surface area contributed by atoms with E-state index in [2.05, 4.69) is 15.6 Å². The molecule has 3 N–H and O–H groups in total. The number of nitrogens with zero attached hydrogens (tertiary/aromatic N) is 2. The summed E-state index contributed by atoms with van der Waals surface area (Å²) >= 11 is 5.69. The lowest BCUT2D eigenvalue weighted by molar-refractivity contribution is -0.122. The summed E-state index contributed by atoms with van der Waals surface area (Å²) in [5, 5.41) is 14.8. The van der Waals surface area contributed by atoms with E-state index in [-0.39, 0.29) is 11.1 Å². The fraction of sp³-hybridized carbons (Fsp3) is 0.417. The van der Waals surface area contributed by atoms with Crippen molar-refractivity contribution in [2.45, 2.75) is 25.3 Å². The lowest BCUT2D eigenvalue weighted by Gasteiger charge is -2.12. The molecule has 0 saturated carbocycles. The largest absolute Gasteiger partial charge is 0.428 e. The summed E-state index contributed by atoms with van der Waals surface area (Å²) in [5.74, 6) is -0.189. The van der Waals surface area contributed by atoms with Crippen LogP contribution in [0.25, 0.3) is 0 Å². The van der Waals surface area contributed by atoms with E-state index >= 15 is 0 Å². The molecule has 1 atom stereocenters. The molecule has 7 nitrogen and oxygen atoms in total. The van der Waals surface area contributed by atoms with Crippen LogP contribution < -0.4 is 16.0 Å². The van der Waals surface area contributed by atoms with Crippen molar-refractivity contribution in [2.75, 3.05) is 6.54 Å². The van der Waals surface area contributed by atoms with E-state index in [0.29, 0.717) is 23.1 Å². The SMILES string of the molecule is O=C(/N=c1/ccn(O)c(Cl)c1)N[C@H]1CCCCNC1=O. The molecule has 0 aliphatic carbocycles. The number of urea groups is 1. The van der Waals surface area contributed by atoms with E-state index in [0.717, 1.165) is 12.8 Å². The van der Waals surface area contributed by atoms with Crippen LogP contribution in [0.15, 0.2) is 23.3 Å². The number of aromatic nitrogens is 1. The lowest BCUT2D eigenvalue weighted by atomic mass is 10.1. The van der Waals surface area contributed by atoms with Crippen LogP contribution in [0.3, 0.4) is 0 Å². The van der Waals surface area contributed by atoms with Gasteiger partial charge in [-0.05, 0) is 25.3 Å². The van der Waals surface area contributed by atoms with Crippen molar-refractivity contribution in [1.29, 1.82) is 0 Å². The molecule has 0 aromatic carbocycles. The first-order chi connectivity index (χ1) is 9.56. The van der Waals surface area contributed by atoms with Gasteiger partial charge in [-0.3, -0.25) is 4.79 Å². The molecule has 1 aliphatic heterocycles. The molecular formula is C12H15ClN4O3. The number of pyridine rings is 1. The number of halogens is 1. The number of hydrogen-bond donors (Lipinski definition) is 3. The van der Waals surface area contributed by atoms with Crippen molar-refractivity contribution in [3.05, 3.63) is 28.8 Å². The fourth-order valence-corrected chi connectivity index (χ4v) is 2.07. The number of rotatable bonds is 1. The van der Waals surface area contributed by atoms with Crippen molar-refractivity contribution in [3.8, 4) is 0 Å². The number of amides is 3. The zero-order chi connectivity index (χ0) is 14.5. The highest BCUT2D eigenvalue weighted by Gasteiger charge is 2.21. The maximum Gasteiger partial charge on any atom is 0.342 e. The Bertz CT molecular complexity index is 584. The average molecular weight is 299 g/mol. The summed E-state index contributed by atoms with van der Waals surface area (Å²) < 4.78 is 0.706. The van der Waals surface area contributed by atoms with Crippen LogP contribution in [-0.4, -0.2) is 34.5 Å². The Morgan fingerprint density at radius 1 is 1.55 bits per heavy atom. The first-order valence-corrected chi connectivity index (χ1v) is 6.64. The predicted molar refractivity (Wildman–Crippen MR) is 71.4 cm³/mol. The van der Waals surface area contributed by atoms with Crippen molar-refractivity contribution >= 4 is 23.5 Å². The van der Waals surface area contributed by atoms with Crippen molar-refractivity contribution in [2.24, 2.45) is 4.99 Å². The molecule has 1 aromatic rings. The summed E-state index contributed by atoms with van der Waals surface area (Å²) in [6.07, 6.45) is 3.64. The summed E-state index contributed by atoms with van der Waals surface area (Å²) in [5.41, 5.74) is 0. The molecule has 1 aromatic heterocycles. The minimum atomic E-state index is -0.612. The highest BCUT2D eigenvalue weighted by atomic mass is 35.5. The highest BCUT2D eigenvalue weighted by molar-refractivity contribution is 6.29. The minimum Gasteiger partial charge on any atom is -0.428 e. The van der Waals surface area contributed by atoms with Gasteiger partial charge in [-0.25, -0.2) is 4.79 Å². The normalized spacial score (nSPS) is 20.1. The first-order valence-electron chi connectivity index (χ1n) is 6.26. The molecule has 20 heavy (non-hydrogen) atoms. The van der Waals surface area contributed by atoms with Gasteiger partial charge in [0.25, 0.3) is 0 Å². The van der Waals surface area contributed by atoms with Crippen LogP contribution in [0.2, 0.25) is 5.15 Å². The van der Waals surface area contributed by atoms with E-state index in [4.69, 9.17) is 11.6 Å². The minimum absolute atomic E-state index is 0.0336. The Kier molecular flexibility index (Phi) is 4.62. The van der Waals surface area contributed by atoms with E-state index in [9.17, 15) is 14.8 Å². The first kappa shape index (κ1) is 14.4. The molecule has 0 unspecified atom stereocenters. The topological polar surface area (TPSA) is 95.7 Å². The second-order valence-electron chi connectivity index (χ2n) is 4.45. The summed E-state index contributed by atoms with van der Waals surface area (Å²) in [4.78, 5) is 27.2. The Balaban J connectivity index is 2.07. The standard InChI is InChI=1S/C12H15ClN4O3/c13-10-7-8(4-6-17(10)20)15-12(19)16-9-3-1-2-5-14-11(9)18/h4,6-7,9,20H,1-3,5H2,(H,14,18)(H,16,19)/b15-8-/t9-/m0/s1. The van der Waals surface area contributed by atoms with Gasteiger partial charge in [0.05, 0.1) is 5.36 Å². The zero-order valence-corrected chi connectivity index (χ0v) is 11.4. The molecule has 0 spiro atoms. The van der Waals surface area contributed by atoms with Gasteiger partial charge in [0.15, 0.2) is 0 Å². The molecule has 1 fully saturated rings. The monoisotopic (exact) mass is 298 g/mol. The van der Waals surface area contributed by atoms with Gasteiger partial charge in [0, 0.05) is 18.8 Å². The van der Waals surface area contributed by atoms with E-state index in [1.807, 2.05) is 0 Å². The maximum absolute atomic E-state index is 11.8. The van der Waals surface area contributed by atoms with Crippen LogP contribution >= 0.6 is 11.6 Å². The van der Waals surface area contributed by atoms with Crippen molar-refractivity contribution in [1.82, 2.24) is 15.4 Å². The van der Waals surface area contributed by atoms with E-state index < -0.39 is 12.1 Å². The third-order valence-corrected chi connectivity index (χ3v) is 3.22. The second kappa shape index (κ2) is 6.42. The lowest BCUT2D eigenvalue weighted by Crippen LogP contribution is -2.44. The third-order valence-electron chi connectivity index (χ3n) is 2.94. The van der Waals surface area contributed by atoms with Crippen molar-refractivity contribution in [3.63, 3.8) is 0 Å². The molecule has 8 heteroatoms. The van der Waals surface area contributed by atoms with Gasteiger partial charge in [0.2, 0.25) is 5.91 Å². The second-order valence-corrected chi connectivity index (χ2v) is 4.84. The number of hydrogen-bond acceptors (Lipinski definition) is 3. The Labute approximate surface area is 120 Å². The average Bonchev–Trinajstić information content (AvgIpc) is 2.59. The summed E-state index contributed by atoms with van der Waals surface area (Å²) in [7, 11) is 0. The van der Waals surface area contributed by atoms with Gasteiger partial charge >= 0.3 is 6.03 Å². The summed E-state index contributed by atoms with van der Waals surface area (Å²) in [6.45, 7) is 0.632. The van der Waals surface area contributed by atoms with Crippen LogP contribution in [0.5, 0.6) is 0 Å². The van der Waals surface area contributed by atoms with E-state index in [1.54, 1.807) is 0 Å². The van der Waals surface area contributed by atoms with Gasteiger partial charge in [-0.2, -0.15) is 9.72 Å². The van der Waals surface area contributed by atoms with Gasteiger partial charge in [-0.15, -0.1) is 0 Å². The van der Waals surface area contributed by atoms with Crippen LogP contribution in [0.1, 0.15) is 19.3 Å². The molecule has 108 valence electrons. The number of carbonyl (C=O) groups excluding carboxylic acids is 2. The maximum atomic E-state index is 11.8. The fourth-order valence-electron chi connectivity index (χ4n) is 1.90. The molecule has 1 saturated heterocycles. The number of nitrogens with one attached hydrogen (secondary N) is 2. The predicted octanol–water partition coefficient (Wildman–Crippen LogP) is 0.658. The molecule has 1 aliphatic rings. The highest BCUT2D eigenvalue weighted by Crippen LogP contribution is 2.05. The van der Waals surface area contributed by atoms with Crippen LogP contribution in [0, 0.1) is 0 Å². The Hall–Kier alpha value is -2.02. The molecule has 2 heterocycles. The van der Waals surface area contributed by atoms with Gasteiger partial charge in [-0.1, -0.05) is 11.6 Å². The van der Waals surface area contributed by atoms with E-state index in [1.165, 1.54) is 18.3 Å². The number of carbonyl (C=O) groups is 2. The third kappa shape index (κ3) is 3.74. The zero-order valence-electron chi connectivity index (χ0n) is 10.7. The Morgan fingerprint density at radius 2 is 2.35 bits per heavy atom. The smallest absolute Gasteiger partial charge is 0.342 e. The quantitative estimate of drug-likeness (QED) is 0.525. The molecule has 3 amide bonds. The van der Waals surface area contributed by atoms with Crippen LogP contribution in [0.4, 0.5) is 4.79 Å². The van der Waals surface area contributed by atoms with Crippen LogP contribution in [-0.2, 0) is 4.79 Å². The summed E-state index contributed by atoms with van der Waals surface area (Å²) in [6, 6.07) is 1.60. The van der Waals surface area contributed by atoms with Gasteiger partial charge in [0.1, 0.15) is 11.2 Å². The molecule has 2 rings (SSSR count). The Morgan fingerprint density at radius 3 is 3.10 bits per heavy atom. The molecular weight excluding hydrogens is 284 g/mol. The van der Waals surface area contributed by atoms with Gasteiger partial charge < -0.3 is 15.8 Å². The molecule has 0 radical (unpaired) electrons. The molecule has 0 bridgehead atoms.